The largest absolute Gasteiger partial charge is 0.512 e. The molecule has 0 radical (unpaired) electrons. The number of rotatable bonds is 6. The molecule has 0 aromatic heterocycles. The number of carbonyl (C=O) groups is 1. The molecule has 1 amide bonds. The Morgan fingerprint density at radius 1 is 0.969 bits per heavy atom. The van der Waals surface area contributed by atoms with Crippen molar-refractivity contribution in [2.45, 2.75) is 48.9 Å². The molecule has 2 N–H and O–H groups in total. The van der Waals surface area contributed by atoms with Gasteiger partial charge in [0.05, 0.1) is 5.71 Å². The summed E-state index contributed by atoms with van der Waals surface area (Å²) in [6, 6.07) is 19.2. The molecule has 1 aliphatic rings. The highest BCUT2D eigenvalue weighted by atomic mass is 35.6. The van der Waals surface area contributed by atoms with Crippen LogP contribution < -0.4 is 16.2 Å². The van der Waals surface area contributed by atoms with E-state index >= 15 is 0 Å². The first-order valence-corrected chi connectivity index (χ1v) is 11.9. The number of nitrogens with zero attached hydrogens (tertiary/aromatic N) is 1. The Kier molecular flexibility index (Phi) is 8.69. The van der Waals surface area contributed by atoms with Crippen molar-refractivity contribution < 1.29 is 9.90 Å². The van der Waals surface area contributed by atoms with Gasteiger partial charge in [0.2, 0.25) is 3.79 Å². The van der Waals surface area contributed by atoms with Crippen LogP contribution in [0.5, 0.6) is 0 Å². The third kappa shape index (κ3) is 6.54. The van der Waals surface area contributed by atoms with Gasteiger partial charge in [-0.25, -0.2) is 0 Å². The SMILES string of the molecule is CC(O)=C(C(=O)NC1CCCCC1)C(=NB(c1ccccc1)c1ccccc1)C(Cl)(Cl)Cl. The van der Waals surface area contributed by atoms with Crippen molar-refractivity contribution in [3.05, 3.63) is 72.0 Å². The Balaban J connectivity index is 2.07. The Morgan fingerprint density at radius 3 is 1.91 bits per heavy atom. The Hall–Kier alpha value is -1.95. The minimum atomic E-state index is -2.02. The van der Waals surface area contributed by atoms with Crippen LogP contribution in [0.4, 0.5) is 0 Å². The Labute approximate surface area is 204 Å². The second-order valence-corrected chi connectivity index (χ2v) is 10.2. The van der Waals surface area contributed by atoms with E-state index in [1.54, 1.807) is 0 Å². The molecule has 0 heterocycles. The third-order valence-corrected chi connectivity index (χ3v) is 6.06. The van der Waals surface area contributed by atoms with Crippen LogP contribution in [-0.2, 0) is 4.79 Å². The second kappa shape index (κ2) is 11.3. The van der Waals surface area contributed by atoms with Crippen LogP contribution in [0.1, 0.15) is 39.0 Å². The highest BCUT2D eigenvalue weighted by molar-refractivity contribution is 6.87. The molecule has 8 heteroatoms. The molecule has 4 nitrogen and oxygen atoms in total. The van der Waals surface area contributed by atoms with Gasteiger partial charge < -0.3 is 15.3 Å². The van der Waals surface area contributed by atoms with Crippen LogP contribution in [0, 0.1) is 0 Å². The van der Waals surface area contributed by atoms with Gasteiger partial charge in [-0.1, -0.05) is 115 Å². The first-order chi connectivity index (χ1) is 15.3. The van der Waals surface area contributed by atoms with Crippen molar-refractivity contribution in [3.8, 4) is 0 Å². The summed E-state index contributed by atoms with van der Waals surface area (Å²) in [5.74, 6) is -0.731. The second-order valence-electron chi connectivity index (χ2n) is 7.97. The molecule has 0 spiro atoms. The minimum absolute atomic E-state index is 0.0290. The molecule has 0 unspecified atom stereocenters. The van der Waals surface area contributed by atoms with Crippen molar-refractivity contribution in [1.82, 2.24) is 5.32 Å². The van der Waals surface area contributed by atoms with Crippen LogP contribution in [0.25, 0.3) is 0 Å². The molecule has 1 saturated carbocycles. The van der Waals surface area contributed by atoms with Gasteiger partial charge in [0, 0.05) is 6.04 Å². The number of benzene rings is 2. The minimum Gasteiger partial charge on any atom is -0.512 e. The molecule has 168 valence electrons. The van der Waals surface area contributed by atoms with E-state index in [-0.39, 0.29) is 23.1 Å². The Bertz CT molecular complexity index is 926. The summed E-state index contributed by atoms with van der Waals surface area (Å²) in [6.45, 7) is 0.877. The number of hydrogen-bond donors (Lipinski definition) is 2. The molecule has 1 aliphatic carbocycles. The van der Waals surface area contributed by atoms with Crippen LogP contribution in [0.3, 0.4) is 0 Å². The average molecular weight is 492 g/mol. The van der Waals surface area contributed by atoms with Crippen molar-refractivity contribution >= 4 is 64.2 Å². The van der Waals surface area contributed by atoms with Gasteiger partial charge in [0.15, 0.2) is 0 Å². The first-order valence-electron chi connectivity index (χ1n) is 10.7. The average Bonchev–Trinajstić information content (AvgIpc) is 2.77. The molecule has 0 aliphatic heterocycles. The van der Waals surface area contributed by atoms with Crippen LogP contribution >= 0.6 is 34.8 Å². The van der Waals surface area contributed by atoms with Crippen molar-refractivity contribution in [2.75, 3.05) is 0 Å². The summed E-state index contributed by atoms with van der Waals surface area (Å²) in [6.07, 6.45) is 5.04. The number of alkyl halides is 3. The maximum absolute atomic E-state index is 13.2. The highest BCUT2D eigenvalue weighted by Gasteiger charge is 2.37. The quantitative estimate of drug-likeness (QED) is 0.199. The predicted octanol–water partition coefficient (Wildman–Crippen LogP) is 4.88. The van der Waals surface area contributed by atoms with Gasteiger partial charge in [-0.2, -0.15) is 0 Å². The first kappa shape index (κ1) is 24.7. The summed E-state index contributed by atoms with van der Waals surface area (Å²) in [5.41, 5.74) is 1.54. The van der Waals surface area contributed by atoms with E-state index in [0.717, 1.165) is 43.0 Å². The fourth-order valence-electron chi connectivity index (χ4n) is 3.97. The van der Waals surface area contributed by atoms with Gasteiger partial charge in [-0.05, 0) is 30.7 Å². The maximum atomic E-state index is 13.2. The van der Waals surface area contributed by atoms with Crippen molar-refractivity contribution in [2.24, 2.45) is 4.90 Å². The predicted molar refractivity (Wildman–Crippen MR) is 136 cm³/mol. The summed E-state index contributed by atoms with van der Waals surface area (Å²) in [4.78, 5) is 18.0. The summed E-state index contributed by atoms with van der Waals surface area (Å²) in [5, 5.41) is 13.5. The van der Waals surface area contributed by atoms with Crippen LogP contribution in [0.2, 0.25) is 0 Å². The smallest absolute Gasteiger partial charge is 0.344 e. The molecular formula is C24H26BCl3N2O2. The number of hydrogen-bond acceptors (Lipinski definition) is 3. The summed E-state index contributed by atoms with van der Waals surface area (Å²) < 4.78 is -2.02. The van der Waals surface area contributed by atoms with Gasteiger partial charge in [-0.15, -0.1) is 0 Å². The number of allylic oxidation sites excluding steroid dienone is 1. The lowest BCUT2D eigenvalue weighted by Crippen LogP contribution is -2.45. The highest BCUT2D eigenvalue weighted by Crippen LogP contribution is 2.33. The van der Waals surface area contributed by atoms with E-state index in [1.807, 2.05) is 60.7 Å². The zero-order valence-corrected chi connectivity index (χ0v) is 20.2. The zero-order valence-electron chi connectivity index (χ0n) is 17.9. The van der Waals surface area contributed by atoms with Gasteiger partial charge >= 0.3 is 6.85 Å². The number of carbonyl (C=O) groups excluding carboxylic acids is 1. The van der Waals surface area contributed by atoms with E-state index in [0.29, 0.717) is 0 Å². The monoisotopic (exact) mass is 490 g/mol. The van der Waals surface area contributed by atoms with Crippen molar-refractivity contribution in [3.63, 3.8) is 0 Å². The standard InChI is InChI=1S/C24H26BCl3N2O2/c1-17(31)21(23(32)29-20-15-9-4-10-16-20)22(24(26,27)28)30-25(18-11-5-2-6-12-18)19-13-7-3-8-14-19/h2-3,5-8,11-14,20,31H,4,9-10,15-16H2,1H3,(H,29,32). The maximum Gasteiger partial charge on any atom is 0.344 e. The molecule has 2 aromatic rings. The fourth-order valence-corrected chi connectivity index (χ4v) is 4.40. The molecule has 3 rings (SSSR count). The topological polar surface area (TPSA) is 61.7 Å². The lowest BCUT2D eigenvalue weighted by molar-refractivity contribution is -0.118. The third-order valence-electron chi connectivity index (χ3n) is 5.52. The van der Waals surface area contributed by atoms with E-state index in [1.165, 1.54) is 6.92 Å². The number of aliphatic hydroxyl groups is 1. The molecular weight excluding hydrogens is 465 g/mol. The molecule has 1 fully saturated rings. The van der Waals surface area contributed by atoms with E-state index in [4.69, 9.17) is 39.7 Å². The number of amides is 1. The summed E-state index contributed by atoms with van der Waals surface area (Å²) >= 11 is 19.0. The Morgan fingerprint density at radius 2 is 1.47 bits per heavy atom. The fraction of sp³-hybridized carbons (Fsp3) is 0.333. The molecule has 0 saturated heterocycles. The zero-order chi connectivity index (χ0) is 23.1. The number of nitrogens with one attached hydrogen (secondary N) is 1. The molecule has 0 bridgehead atoms. The normalized spacial score (nSPS) is 16.3. The van der Waals surface area contributed by atoms with Crippen LogP contribution in [-0.4, -0.2) is 33.4 Å². The lowest BCUT2D eigenvalue weighted by atomic mass is 9.51. The molecule has 32 heavy (non-hydrogen) atoms. The van der Waals surface area contributed by atoms with Crippen molar-refractivity contribution in [1.29, 1.82) is 0 Å². The van der Waals surface area contributed by atoms with Gasteiger partial charge in [-0.3, -0.25) is 4.79 Å². The van der Waals surface area contributed by atoms with E-state index < -0.39 is 16.5 Å². The van der Waals surface area contributed by atoms with Gasteiger partial charge in [0.1, 0.15) is 11.3 Å². The van der Waals surface area contributed by atoms with E-state index in [2.05, 4.69) is 5.32 Å². The number of aliphatic hydroxyl groups excluding tert-OH is 1. The van der Waals surface area contributed by atoms with Gasteiger partial charge in [0.25, 0.3) is 5.91 Å². The number of halogens is 3. The lowest BCUT2D eigenvalue weighted by Gasteiger charge is -2.26. The van der Waals surface area contributed by atoms with Crippen LogP contribution in [0.15, 0.2) is 76.9 Å². The molecule has 0 atom stereocenters. The van der Waals surface area contributed by atoms with E-state index in [9.17, 15) is 9.90 Å². The summed E-state index contributed by atoms with van der Waals surface area (Å²) in [7, 11) is 0. The molecule has 2 aromatic carbocycles.